The van der Waals surface area contributed by atoms with Crippen molar-refractivity contribution < 1.29 is 0 Å². The van der Waals surface area contributed by atoms with E-state index in [1.165, 1.54) is 12.0 Å². The van der Waals surface area contributed by atoms with Gasteiger partial charge in [0.1, 0.15) is 0 Å². The van der Waals surface area contributed by atoms with Crippen LogP contribution in [0.15, 0.2) is 24.3 Å². The molecule has 18 heavy (non-hydrogen) atoms. The van der Waals surface area contributed by atoms with E-state index < -0.39 is 0 Å². The molecule has 1 aromatic rings. The Morgan fingerprint density at radius 3 is 2.33 bits per heavy atom. The van der Waals surface area contributed by atoms with Crippen molar-refractivity contribution >= 4 is 11.6 Å². The Balaban J connectivity index is 2.75. The second-order valence-corrected chi connectivity index (χ2v) is 5.97. The summed E-state index contributed by atoms with van der Waals surface area (Å²) in [6, 6.07) is 8.24. The van der Waals surface area contributed by atoms with E-state index >= 15 is 0 Å². The summed E-state index contributed by atoms with van der Waals surface area (Å²) in [5, 5.41) is 4.46. The van der Waals surface area contributed by atoms with Gasteiger partial charge < -0.3 is 5.32 Å². The van der Waals surface area contributed by atoms with Crippen LogP contribution in [-0.2, 0) is 0 Å². The molecule has 1 nitrogen and oxygen atoms in total. The molecule has 0 saturated heterocycles. The summed E-state index contributed by atoms with van der Waals surface area (Å²) < 4.78 is 0. The lowest BCUT2D eigenvalue weighted by Crippen LogP contribution is -2.28. The quantitative estimate of drug-likeness (QED) is 0.754. The zero-order valence-corrected chi connectivity index (χ0v) is 12.8. The molecular weight excluding hydrogens is 242 g/mol. The Kier molecular flexibility index (Phi) is 6.73. The van der Waals surface area contributed by atoms with Crippen LogP contribution in [0.5, 0.6) is 0 Å². The first-order chi connectivity index (χ1) is 8.56. The molecule has 2 unspecified atom stereocenters. The number of halogens is 1. The van der Waals surface area contributed by atoms with E-state index in [0.29, 0.717) is 17.8 Å². The molecule has 0 bridgehead atoms. The van der Waals surface area contributed by atoms with E-state index in [0.717, 1.165) is 18.1 Å². The van der Waals surface area contributed by atoms with Gasteiger partial charge in [-0.25, -0.2) is 0 Å². The van der Waals surface area contributed by atoms with Crippen LogP contribution in [0.25, 0.3) is 0 Å². The lowest BCUT2D eigenvalue weighted by atomic mass is 9.85. The molecule has 1 aromatic carbocycles. The summed E-state index contributed by atoms with van der Waals surface area (Å²) in [7, 11) is 0. The first-order valence-corrected chi connectivity index (χ1v) is 7.39. The predicted octanol–water partition coefficient (Wildman–Crippen LogP) is 4.72. The molecule has 0 fully saturated rings. The highest BCUT2D eigenvalue weighted by atomic mass is 35.5. The number of hydrogen-bond acceptors (Lipinski definition) is 1. The summed E-state index contributed by atoms with van der Waals surface area (Å²) in [6.07, 6.45) is 1.18. The third-order valence-corrected chi connectivity index (χ3v) is 3.90. The monoisotopic (exact) mass is 267 g/mol. The maximum Gasteiger partial charge on any atom is 0.0441 e. The van der Waals surface area contributed by atoms with Gasteiger partial charge in [0.25, 0.3) is 0 Å². The second kappa shape index (κ2) is 7.81. The van der Waals surface area contributed by atoms with Crippen molar-refractivity contribution in [3.05, 3.63) is 34.9 Å². The summed E-state index contributed by atoms with van der Waals surface area (Å²) in [6.45, 7) is 11.1. The highest BCUT2D eigenvalue weighted by Gasteiger charge is 2.19. The van der Waals surface area contributed by atoms with E-state index in [1.54, 1.807) is 0 Å². The fourth-order valence-corrected chi connectivity index (χ4v) is 2.48. The third-order valence-electron chi connectivity index (χ3n) is 3.55. The largest absolute Gasteiger partial charge is 0.316 e. The van der Waals surface area contributed by atoms with Crippen LogP contribution in [0, 0.1) is 11.8 Å². The molecule has 0 amide bonds. The van der Waals surface area contributed by atoms with Crippen molar-refractivity contribution in [1.29, 1.82) is 0 Å². The fraction of sp³-hybridized carbons (Fsp3) is 0.625. The molecule has 0 saturated carbocycles. The molecule has 0 radical (unpaired) electrons. The van der Waals surface area contributed by atoms with Crippen LogP contribution in [0.4, 0.5) is 0 Å². The van der Waals surface area contributed by atoms with E-state index in [2.05, 4.69) is 45.1 Å². The average Bonchev–Trinajstić information content (AvgIpc) is 2.35. The minimum atomic E-state index is 0.502. The summed E-state index contributed by atoms with van der Waals surface area (Å²) >= 11 is 6.33. The Hall–Kier alpha value is -0.530. The molecule has 0 aliphatic carbocycles. The Bertz CT molecular complexity index is 349. The molecule has 102 valence electrons. The molecule has 0 aliphatic rings. The summed E-state index contributed by atoms with van der Waals surface area (Å²) in [5.41, 5.74) is 1.28. The zero-order chi connectivity index (χ0) is 13.5. The SMILES string of the molecule is CCC(C)C(CNCC(C)C)c1ccccc1Cl. The van der Waals surface area contributed by atoms with Crippen molar-refractivity contribution in [2.45, 2.75) is 40.0 Å². The van der Waals surface area contributed by atoms with Gasteiger partial charge in [-0.2, -0.15) is 0 Å². The first kappa shape index (κ1) is 15.5. The van der Waals surface area contributed by atoms with E-state index in [9.17, 15) is 0 Å². The standard InChI is InChI=1S/C16H26ClN/c1-5-13(4)15(11-18-10-12(2)3)14-8-6-7-9-16(14)17/h6-9,12-13,15,18H,5,10-11H2,1-4H3. The third kappa shape index (κ3) is 4.62. The molecule has 2 atom stereocenters. The van der Waals surface area contributed by atoms with Gasteiger partial charge in [0.05, 0.1) is 0 Å². The molecule has 0 aliphatic heterocycles. The summed E-state index contributed by atoms with van der Waals surface area (Å²) in [4.78, 5) is 0. The summed E-state index contributed by atoms with van der Waals surface area (Å²) in [5.74, 6) is 1.83. The Morgan fingerprint density at radius 2 is 1.78 bits per heavy atom. The number of rotatable bonds is 7. The van der Waals surface area contributed by atoms with Gasteiger partial charge in [-0.15, -0.1) is 0 Å². The number of nitrogens with one attached hydrogen (secondary N) is 1. The average molecular weight is 268 g/mol. The van der Waals surface area contributed by atoms with Crippen LogP contribution in [0.1, 0.15) is 45.6 Å². The fourth-order valence-electron chi connectivity index (χ4n) is 2.21. The number of hydrogen-bond donors (Lipinski definition) is 1. The van der Waals surface area contributed by atoms with Crippen molar-refractivity contribution in [2.24, 2.45) is 11.8 Å². The maximum absolute atomic E-state index is 6.33. The molecule has 1 rings (SSSR count). The maximum atomic E-state index is 6.33. The van der Waals surface area contributed by atoms with Crippen LogP contribution in [-0.4, -0.2) is 13.1 Å². The van der Waals surface area contributed by atoms with Crippen molar-refractivity contribution in [2.75, 3.05) is 13.1 Å². The van der Waals surface area contributed by atoms with Gasteiger partial charge in [0.15, 0.2) is 0 Å². The van der Waals surface area contributed by atoms with Gasteiger partial charge in [0, 0.05) is 17.5 Å². The topological polar surface area (TPSA) is 12.0 Å². The van der Waals surface area contributed by atoms with Crippen LogP contribution >= 0.6 is 11.6 Å². The number of benzene rings is 1. The van der Waals surface area contributed by atoms with Gasteiger partial charge in [-0.05, 0) is 30.0 Å². The van der Waals surface area contributed by atoms with E-state index in [1.807, 2.05) is 12.1 Å². The predicted molar refractivity (Wildman–Crippen MR) is 81.4 cm³/mol. The molecule has 1 N–H and O–H groups in total. The van der Waals surface area contributed by atoms with Gasteiger partial charge in [0.2, 0.25) is 0 Å². The second-order valence-electron chi connectivity index (χ2n) is 5.57. The minimum Gasteiger partial charge on any atom is -0.316 e. The Labute approximate surface area is 117 Å². The molecular formula is C16H26ClN. The van der Waals surface area contributed by atoms with Crippen molar-refractivity contribution in [3.8, 4) is 0 Å². The van der Waals surface area contributed by atoms with E-state index in [4.69, 9.17) is 11.6 Å². The lowest BCUT2D eigenvalue weighted by molar-refractivity contribution is 0.409. The molecule has 0 aromatic heterocycles. The van der Waals surface area contributed by atoms with Crippen molar-refractivity contribution in [1.82, 2.24) is 5.32 Å². The smallest absolute Gasteiger partial charge is 0.0441 e. The zero-order valence-electron chi connectivity index (χ0n) is 12.0. The lowest BCUT2D eigenvalue weighted by Gasteiger charge is -2.25. The van der Waals surface area contributed by atoms with Gasteiger partial charge in [-0.3, -0.25) is 0 Å². The molecule has 2 heteroatoms. The highest BCUT2D eigenvalue weighted by Crippen LogP contribution is 2.31. The highest BCUT2D eigenvalue weighted by molar-refractivity contribution is 6.31. The normalized spacial score (nSPS) is 14.8. The molecule has 0 spiro atoms. The first-order valence-electron chi connectivity index (χ1n) is 7.01. The van der Waals surface area contributed by atoms with E-state index in [-0.39, 0.29) is 0 Å². The van der Waals surface area contributed by atoms with Crippen LogP contribution < -0.4 is 5.32 Å². The minimum absolute atomic E-state index is 0.502. The van der Waals surface area contributed by atoms with Crippen molar-refractivity contribution in [3.63, 3.8) is 0 Å². The van der Waals surface area contributed by atoms with Gasteiger partial charge >= 0.3 is 0 Å². The van der Waals surface area contributed by atoms with Gasteiger partial charge in [-0.1, -0.05) is 63.9 Å². The van der Waals surface area contributed by atoms with Crippen LogP contribution in [0.2, 0.25) is 5.02 Å². The molecule has 0 heterocycles. The van der Waals surface area contributed by atoms with Crippen LogP contribution in [0.3, 0.4) is 0 Å². The Morgan fingerprint density at radius 1 is 1.11 bits per heavy atom.